The fourth-order valence-electron chi connectivity index (χ4n) is 4.68. The first-order valence-corrected chi connectivity index (χ1v) is 9.78. The van der Waals surface area contributed by atoms with E-state index in [0.717, 1.165) is 50.0 Å². The predicted molar refractivity (Wildman–Crippen MR) is 105 cm³/mol. The largest absolute Gasteiger partial charge is 0.339 e. The number of halogens is 1. The van der Waals surface area contributed by atoms with Gasteiger partial charge in [-0.05, 0) is 48.9 Å². The number of hydrogen-bond acceptors (Lipinski definition) is 2. The molecule has 2 heterocycles. The minimum Gasteiger partial charge on any atom is -0.339 e. The lowest BCUT2D eigenvalue weighted by Crippen LogP contribution is -2.51. The smallest absolute Gasteiger partial charge is 0.230 e. The van der Waals surface area contributed by atoms with Crippen LogP contribution in [0.2, 0.25) is 0 Å². The lowest BCUT2D eigenvalue weighted by Gasteiger charge is -2.43. The SMILES string of the molecule is Cc1ccc(CN2CCC3(CC2)CC(c2ccccc2)C(=O)N3C)cc1F. The van der Waals surface area contributed by atoms with E-state index in [1.165, 1.54) is 0 Å². The summed E-state index contributed by atoms with van der Waals surface area (Å²) < 4.78 is 13.8. The van der Waals surface area contributed by atoms with E-state index >= 15 is 0 Å². The molecule has 1 atom stereocenters. The van der Waals surface area contributed by atoms with Crippen LogP contribution in [0.15, 0.2) is 48.5 Å². The summed E-state index contributed by atoms with van der Waals surface area (Å²) in [5, 5.41) is 0. The Kier molecular flexibility index (Phi) is 4.77. The Labute approximate surface area is 160 Å². The van der Waals surface area contributed by atoms with Crippen LogP contribution in [0.3, 0.4) is 0 Å². The summed E-state index contributed by atoms with van der Waals surface area (Å²) in [6, 6.07) is 15.7. The van der Waals surface area contributed by atoms with Crippen molar-refractivity contribution in [2.45, 2.75) is 44.2 Å². The number of carbonyl (C=O) groups excluding carboxylic acids is 1. The van der Waals surface area contributed by atoms with Crippen molar-refractivity contribution >= 4 is 5.91 Å². The van der Waals surface area contributed by atoms with Gasteiger partial charge in [0.15, 0.2) is 0 Å². The Morgan fingerprint density at radius 2 is 1.81 bits per heavy atom. The predicted octanol–water partition coefficient (Wildman–Crippen LogP) is 4.11. The Bertz CT molecular complexity index is 828. The topological polar surface area (TPSA) is 23.6 Å². The van der Waals surface area contributed by atoms with Gasteiger partial charge in [-0.3, -0.25) is 9.69 Å². The fourth-order valence-corrected chi connectivity index (χ4v) is 4.68. The van der Waals surface area contributed by atoms with Crippen molar-refractivity contribution in [3.63, 3.8) is 0 Å². The highest BCUT2D eigenvalue weighted by Gasteiger charge is 2.50. The molecule has 2 aliphatic heterocycles. The zero-order valence-corrected chi connectivity index (χ0v) is 16.1. The van der Waals surface area contributed by atoms with Gasteiger partial charge in [-0.1, -0.05) is 42.5 Å². The van der Waals surface area contributed by atoms with Gasteiger partial charge >= 0.3 is 0 Å². The number of hydrogen-bond donors (Lipinski definition) is 0. The maximum absolute atomic E-state index is 13.8. The molecule has 0 saturated carbocycles. The highest BCUT2D eigenvalue weighted by Crippen LogP contribution is 2.44. The van der Waals surface area contributed by atoms with E-state index in [4.69, 9.17) is 0 Å². The van der Waals surface area contributed by atoms with Gasteiger partial charge in [0.1, 0.15) is 5.82 Å². The van der Waals surface area contributed by atoms with Gasteiger partial charge in [0.25, 0.3) is 0 Å². The number of rotatable bonds is 3. The second-order valence-electron chi connectivity index (χ2n) is 8.15. The van der Waals surface area contributed by atoms with Gasteiger partial charge in [0.2, 0.25) is 5.91 Å². The first-order chi connectivity index (χ1) is 13.0. The van der Waals surface area contributed by atoms with Gasteiger partial charge in [0, 0.05) is 32.2 Å². The van der Waals surface area contributed by atoms with Crippen LogP contribution in [-0.2, 0) is 11.3 Å². The van der Waals surface area contributed by atoms with Crippen molar-refractivity contribution < 1.29 is 9.18 Å². The molecule has 0 N–H and O–H groups in total. The number of amides is 1. The van der Waals surface area contributed by atoms with Gasteiger partial charge in [-0.25, -0.2) is 4.39 Å². The van der Waals surface area contributed by atoms with Crippen LogP contribution >= 0.6 is 0 Å². The zero-order chi connectivity index (χ0) is 19.0. The molecular formula is C23H27FN2O. The van der Waals surface area contributed by atoms with Crippen molar-refractivity contribution in [1.82, 2.24) is 9.80 Å². The van der Waals surface area contributed by atoms with Crippen molar-refractivity contribution in [2.24, 2.45) is 0 Å². The molecule has 2 saturated heterocycles. The van der Waals surface area contributed by atoms with E-state index in [1.807, 2.05) is 42.3 Å². The van der Waals surface area contributed by atoms with Gasteiger partial charge in [-0.2, -0.15) is 0 Å². The molecule has 142 valence electrons. The molecule has 2 aromatic carbocycles. The molecule has 2 aliphatic rings. The minimum atomic E-state index is -0.132. The first kappa shape index (κ1) is 18.2. The molecule has 4 rings (SSSR count). The molecule has 27 heavy (non-hydrogen) atoms. The molecular weight excluding hydrogens is 339 g/mol. The van der Waals surface area contributed by atoms with Gasteiger partial charge in [0.05, 0.1) is 5.92 Å². The number of aryl methyl sites for hydroxylation is 1. The maximum Gasteiger partial charge on any atom is 0.230 e. The molecule has 0 radical (unpaired) electrons. The molecule has 3 nitrogen and oxygen atoms in total. The van der Waals surface area contributed by atoms with E-state index in [0.29, 0.717) is 5.56 Å². The number of nitrogens with zero attached hydrogens (tertiary/aromatic N) is 2. The summed E-state index contributed by atoms with van der Waals surface area (Å²) in [6.07, 6.45) is 2.86. The first-order valence-electron chi connectivity index (χ1n) is 9.78. The Morgan fingerprint density at radius 1 is 1.11 bits per heavy atom. The van der Waals surface area contributed by atoms with Crippen molar-refractivity contribution in [3.8, 4) is 0 Å². The molecule has 2 fully saturated rings. The average Bonchev–Trinajstić information content (AvgIpc) is 2.93. The fraction of sp³-hybridized carbons (Fsp3) is 0.435. The minimum absolute atomic E-state index is 0.0195. The number of benzene rings is 2. The standard InChI is InChI=1S/C23H27FN2O/c1-17-8-9-18(14-21(17)24)16-26-12-10-23(11-13-26)15-20(22(27)25(23)2)19-6-4-3-5-7-19/h3-9,14,20H,10-13,15-16H2,1-2H3. The van der Waals surface area contributed by atoms with Crippen LogP contribution in [0.5, 0.6) is 0 Å². The maximum atomic E-state index is 13.8. The van der Waals surface area contributed by atoms with Crippen molar-refractivity contribution in [2.75, 3.05) is 20.1 Å². The lowest BCUT2D eigenvalue weighted by molar-refractivity contribution is -0.131. The van der Waals surface area contributed by atoms with E-state index < -0.39 is 0 Å². The summed E-state index contributed by atoms with van der Waals surface area (Å²) in [4.78, 5) is 17.3. The molecule has 0 bridgehead atoms. The van der Waals surface area contributed by atoms with Crippen LogP contribution in [0.4, 0.5) is 4.39 Å². The molecule has 1 unspecified atom stereocenters. The third-order valence-corrected chi connectivity index (χ3v) is 6.56. The number of piperidine rings is 1. The normalized spacial score (nSPS) is 22.6. The summed E-state index contributed by atoms with van der Waals surface area (Å²) >= 11 is 0. The molecule has 1 amide bonds. The number of likely N-dealkylation sites (N-methyl/N-ethyl adjacent to an activating group) is 1. The molecule has 1 spiro atoms. The Balaban J connectivity index is 1.43. The molecule has 0 aliphatic carbocycles. The van der Waals surface area contributed by atoms with Crippen molar-refractivity contribution in [1.29, 1.82) is 0 Å². The monoisotopic (exact) mass is 366 g/mol. The number of carbonyl (C=O) groups is 1. The van der Waals surface area contributed by atoms with Gasteiger partial charge < -0.3 is 4.90 Å². The summed E-state index contributed by atoms with van der Waals surface area (Å²) in [6.45, 7) is 4.44. The Morgan fingerprint density at radius 3 is 2.48 bits per heavy atom. The second-order valence-corrected chi connectivity index (χ2v) is 8.15. The van der Waals surface area contributed by atoms with Crippen LogP contribution in [0, 0.1) is 12.7 Å². The quantitative estimate of drug-likeness (QED) is 0.816. The van der Waals surface area contributed by atoms with Gasteiger partial charge in [-0.15, -0.1) is 0 Å². The lowest BCUT2D eigenvalue weighted by atomic mass is 9.81. The van der Waals surface area contributed by atoms with Crippen molar-refractivity contribution in [3.05, 3.63) is 71.0 Å². The highest BCUT2D eigenvalue weighted by molar-refractivity contribution is 5.87. The van der Waals surface area contributed by atoms with E-state index in [-0.39, 0.29) is 23.2 Å². The van der Waals surface area contributed by atoms with E-state index in [1.54, 1.807) is 13.0 Å². The second kappa shape index (κ2) is 7.08. The van der Waals surface area contributed by atoms with Crippen LogP contribution in [0.25, 0.3) is 0 Å². The third-order valence-electron chi connectivity index (χ3n) is 6.56. The van der Waals surface area contributed by atoms with E-state index in [9.17, 15) is 9.18 Å². The summed E-state index contributed by atoms with van der Waals surface area (Å²) in [5.74, 6) is 0.0944. The number of likely N-dealkylation sites (tertiary alicyclic amines) is 2. The highest BCUT2D eigenvalue weighted by atomic mass is 19.1. The van der Waals surface area contributed by atoms with Crippen LogP contribution in [0.1, 0.15) is 41.9 Å². The molecule has 4 heteroatoms. The van der Waals surface area contributed by atoms with E-state index in [2.05, 4.69) is 17.0 Å². The zero-order valence-electron chi connectivity index (χ0n) is 16.1. The average molecular weight is 366 g/mol. The third kappa shape index (κ3) is 3.39. The van der Waals surface area contributed by atoms with Crippen LogP contribution < -0.4 is 0 Å². The molecule has 0 aromatic heterocycles. The van der Waals surface area contributed by atoms with Crippen LogP contribution in [-0.4, -0.2) is 41.4 Å². The summed E-state index contributed by atoms with van der Waals surface area (Å²) in [5.41, 5.74) is 2.80. The summed E-state index contributed by atoms with van der Waals surface area (Å²) in [7, 11) is 1.97. The molecule has 2 aromatic rings. The Hall–Kier alpha value is -2.20.